The number of hydrogen-bond acceptors (Lipinski definition) is 19. The van der Waals surface area contributed by atoms with Crippen LogP contribution >= 0.6 is 0 Å². The van der Waals surface area contributed by atoms with Crippen molar-refractivity contribution in [1.82, 2.24) is 42.5 Å². The van der Waals surface area contributed by atoms with E-state index in [4.69, 9.17) is 28.7 Å². The highest BCUT2D eigenvalue weighted by atomic mass is 16.3. The zero-order valence-corrected chi connectivity index (χ0v) is 47.0. The standard InChI is InChI=1S/C52H95N13O14/c1-6-7-8-9-10-11-35(69)25-32(12-18-53)45(72)63-40(28-66)42(71)26-33(13-19-54)46(73)60-39-17-23-58-51(78)43(30(4)67)65-50(77)38(16-22-57)61-48(75)37(15-21-56)62-52(79)44(31(5)68)64-47(74)34(24-29(2)3)27-41(70)36(14-20-55)59-49(39)76/h29-34,36-40,43-44,66-68H,6-28,53-57H2,1-5H3,(H,58,78)(H,59,76)(H,60,73)(H,61,75)(H,62,79)(H,63,72)(H,64,74)(H,65,77)/t30-,31-,32-,33+,34+,36+,37+,38+,39+,40+,43+,44+/m1/s1. The Kier molecular flexibility index (Phi) is 35.2. The minimum absolute atomic E-state index is 0.0605. The fourth-order valence-electron chi connectivity index (χ4n) is 9.00. The normalized spacial score (nSPS) is 23.6. The van der Waals surface area contributed by atoms with Crippen LogP contribution in [0, 0.1) is 23.7 Å². The second-order valence-corrected chi connectivity index (χ2v) is 20.9. The van der Waals surface area contributed by atoms with Gasteiger partial charge >= 0.3 is 0 Å². The summed E-state index contributed by atoms with van der Waals surface area (Å²) in [7, 11) is 0. The van der Waals surface area contributed by atoms with Crippen molar-refractivity contribution in [2.75, 3.05) is 45.9 Å². The maximum absolute atomic E-state index is 14.4. The first-order valence-electron chi connectivity index (χ1n) is 27.9. The molecule has 12 atom stereocenters. The highest BCUT2D eigenvalue weighted by Crippen LogP contribution is 2.20. The summed E-state index contributed by atoms with van der Waals surface area (Å²) in [4.78, 5) is 152. The highest BCUT2D eigenvalue weighted by Gasteiger charge is 2.38. The maximum Gasteiger partial charge on any atom is 0.245 e. The van der Waals surface area contributed by atoms with Crippen molar-refractivity contribution in [2.45, 2.75) is 192 Å². The second kappa shape index (κ2) is 38.9. The third-order valence-corrected chi connectivity index (χ3v) is 13.5. The van der Waals surface area contributed by atoms with Gasteiger partial charge in [0.15, 0.2) is 11.6 Å². The first kappa shape index (κ1) is 71.5. The Labute approximate surface area is 464 Å². The Morgan fingerprint density at radius 1 is 0.608 bits per heavy atom. The van der Waals surface area contributed by atoms with Crippen molar-refractivity contribution in [3.8, 4) is 0 Å². The van der Waals surface area contributed by atoms with Gasteiger partial charge in [-0.3, -0.25) is 52.7 Å². The minimum Gasteiger partial charge on any atom is -0.394 e. The average Bonchev–Trinajstić information content (AvgIpc) is 3.38. The number of rotatable bonds is 30. The summed E-state index contributed by atoms with van der Waals surface area (Å²) in [6, 6.07) is -10.7. The summed E-state index contributed by atoms with van der Waals surface area (Å²) in [5, 5.41) is 51.7. The summed E-state index contributed by atoms with van der Waals surface area (Å²) in [6.07, 6.45) is -0.383. The fourth-order valence-corrected chi connectivity index (χ4v) is 9.00. The number of aliphatic hydroxyl groups is 3. The van der Waals surface area contributed by atoms with Gasteiger partial charge in [0.05, 0.1) is 24.9 Å². The molecule has 0 unspecified atom stereocenters. The van der Waals surface area contributed by atoms with E-state index >= 15 is 0 Å². The van der Waals surface area contributed by atoms with Gasteiger partial charge in [0.1, 0.15) is 42.0 Å². The van der Waals surface area contributed by atoms with Crippen LogP contribution in [0.25, 0.3) is 0 Å². The Bertz CT molecular complexity index is 1980. The Balaban J connectivity index is 3.76. The van der Waals surface area contributed by atoms with E-state index in [1.165, 1.54) is 13.8 Å². The van der Waals surface area contributed by atoms with Gasteiger partial charge in [0, 0.05) is 50.0 Å². The molecule has 27 heteroatoms. The Hall–Kier alpha value is -5.55. The molecule has 0 radical (unpaired) electrons. The van der Waals surface area contributed by atoms with E-state index in [2.05, 4.69) is 49.5 Å². The summed E-state index contributed by atoms with van der Waals surface area (Å²) < 4.78 is 0. The van der Waals surface area contributed by atoms with E-state index in [9.17, 15) is 68.1 Å². The molecular formula is C52H95N13O14. The Morgan fingerprint density at radius 2 is 1.11 bits per heavy atom. The summed E-state index contributed by atoms with van der Waals surface area (Å²) in [5.74, 6) is -12.4. The third-order valence-electron chi connectivity index (χ3n) is 13.5. The molecule has 1 heterocycles. The topological polar surface area (TPSA) is 475 Å². The number of carbonyl (C=O) groups excluding carboxylic acids is 11. The van der Waals surface area contributed by atoms with Gasteiger partial charge in [-0.15, -0.1) is 0 Å². The number of hydrogen-bond donors (Lipinski definition) is 16. The molecule has 79 heavy (non-hydrogen) atoms. The molecule has 0 bridgehead atoms. The summed E-state index contributed by atoms with van der Waals surface area (Å²) in [6.45, 7) is 6.17. The zero-order chi connectivity index (χ0) is 59.8. The van der Waals surface area contributed by atoms with Crippen LogP contribution in [0.1, 0.15) is 137 Å². The van der Waals surface area contributed by atoms with Crippen LogP contribution < -0.4 is 71.2 Å². The lowest BCUT2D eigenvalue weighted by atomic mass is 9.88. The van der Waals surface area contributed by atoms with E-state index in [1.54, 1.807) is 13.8 Å². The molecule has 27 nitrogen and oxygen atoms in total. The quantitative estimate of drug-likeness (QED) is 0.0302. The van der Waals surface area contributed by atoms with Crippen LogP contribution in [0.2, 0.25) is 0 Å². The predicted octanol–water partition coefficient (Wildman–Crippen LogP) is -4.47. The van der Waals surface area contributed by atoms with Gasteiger partial charge in [-0.1, -0.05) is 46.5 Å². The molecule has 0 aromatic rings. The molecule has 1 fully saturated rings. The van der Waals surface area contributed by atoms with E-state index in [0.29, 0.717) is 6.42 Å². The number of nitrogens with two attached hydrogens (primary N) is 5. The molecule has 0 spiro atoms. The molecule has 21 N–H and O–H groups in total. The third kappa shape index (κ3) is 26.5. The van der Waals surface area contributed by atoms with Gasteiger partial charge in [-0.05, 0) is 104 Å². The van der Waals surface area contributed by atoms with Crippen molar-refractivity contribution >= 4 is 64.6 Å². The van der Waals surface area contributed by atoms with Crippen LogP contribution in [0.15, 0.2) is 0 Å². The molecule has 1 rings (SSSR count). The van der Waals surface area contributed by atoms with E-state index in [1.807, 2.05) is 0 Å². The first-order chi connectivity index (χ1) is 37.4. The summed E-state index contributed by atoms with van der Waals surface area (Å²) >= 11 is 0. The van der Waals surface area contributed by atoms with E-state index in [0.717, 1.165) is 25.7 Å². The predicted molar refractivity (Wildman–Crippen MR) is 292 cm³/mol. The van der Waals surface area contributed by atoms with Gasteiger partial charge in [0.2, 0.25) is 47.3 Å². The number of ketones is 3. The number of nitrogens with one attached hydrogen (secondary N) is 8. The zero-order valence-electron chi connectivity index (χ0n) is 47.0. The molecule has 0 saturated carbocycles. The van der Waals surface area contributed by atoms with Crippen LogP contribution in [-0.4, -0.2) is 180 Å². The average molecular weight is 1130 g/mol. The fraction of sp³-hybridized carbons (Fsp3) is 0.788. The van der Waals surface area contributed by atoms with E-state index in [-0.39, 0.29) is 95.8 Å². The monoisotopic (exact) mass is 1130 g/mol. The summed E-state index contributed by atoms with van der Waals surface area (Å²) in [5.41, 5.74) is 29.1. The lowest BCUT2D eigenvalue weighted by Crippen LogP contribution is -2.61. The number of amides is 8. The Morgan fingerprint density at radius 3 is 1.65 bits per heavy atom. The van der Waals surface area contributed by atoms with Gasteiger partial charge < -0.3 is 86.5 Å². The molecule has 0 aliphatic carbocycles. The van der Waals surface area contributed by atoms with Gasteiger partial charge in [-0.2, -0.15) is 0 Å². The van der Waals surface area contributed by atoms with Gasteiger partial charge in [0.25, 0.3) is 0 Å². The largest absolute Gasteiger partial charge is 0.394 e. The first-order valence-corrected chi connectivity index (χ1v) is 27.9. The maximum atomic E-state index is 14.4. The molecule has 452 valence electrons. The second-order valence-electron chi connectivity index (χ2n) is 20.9. The molecule has 8 amide bonds. The minimum atomic E-state index is -1.68. The van der Waals surface area contributed by atoms with Crippen molar-refractivity contribution in [1.29, 1.82) is 0 Å². The lowest BCUT2D eigenvalue weighted by molar-refractivity contribution is -0.138. The molecule has 0 aromatic heterocycles. The SMILES string of the molecule is CCCCCCCC(=O)C[C@@H](CCN)C(=O)N[C@@H](CO)C(=O)C[C@H](CCN)C(=O)N[C@H]1CCNC(=O)[C@H]([C@@H](C)O)NC(=O)[C@H](CCN)NC(=O)[C@H](CCN)NC(=O)[C@H]([C@@H](C)O)NC(=O)[C@@H](CC(C)C)CC(=O)[C@H](CCN)NC1=O. The molecular weight excluding hydrogens is 1030 g/mol. The van der Waals surface area contributed by atoms with Crippen LogP contribution in [0.5, 0.6) is 0 Å². The molecule has 0 aromatic carbocycles. The van der Waals surface area contributed by atoms with Crippen molar-refractivity contribution in [2.24, 2.45) is 52.3 Å². The van der Waals surface area contributed by atoms with Crippen LogP contribution in [-0.2, 0) is 52.7 Å². The van der Waals surface area contributed by atoms with Crippen LogP contribution in [0.3, 0.4) is 0 Å². The number of carbonyl (C=O) groups is 11. The number of Topliss-reactive ketones (excluding diaryl/α,β-unsaturated/α-hetero) is 3. The van der Waals surface area contributed by atoms with Crippen molar-refractivity contribution < 1.29 is 68.1 Å². The number of aliphatic hydroxyl groups excluding tert-OH is 3. The molecule has 1 saturated heterocycles. The van der Waals surface area contributed by atoms with Crippen LogP contribution in [0.4, 0.5) is 0 Å². The van der Waals surface area contributed by atoms with Crippen molar-refractivity contribution in [3.05, 3.63) is 0 Å². The lowest BCUT2D eigenvalue weighted by Gasteiger charge is -2.28. The number of unbranched alkanes of at least 4 members (excludes halogenated alkanes) is 4. The van der Waals surface area contributed by atoms with Gasteiger partial charge in [-0.25, -0.2) is 0 Å². The highest BCUT2D eigenvalue weighted by molar-refractivity contribution is 5.99. The van der Waals surface area contributed by atoms with E-state index < -0.39 is 163 Å². The molecule has 1 aliphatic heterocycles. The smallest absolute Gasteiger partial charge is 0.245 e. The molecule has 1 aliphatic rings. The van der Waals surface area contributed by atoms with Crippen molar-refractivity contribution in [3.63, 3.8) is 0 Å².